The first kappa shape index (κ1) is 17.3. The number of nitrogens with zero attached hydrogens (tertiary/aromatic N) is 2. The Labute approximate surface area is 137 Å². The summed E-state index contributed by atoms with van der Waals surface area (Å²) < 4.78 is 0. The first-order valence-corrected chi connectivity index (χ1v) is 8.12. The summed E-state index contributed by atoms with van der Waals surface area (Å²) >= 11 is 0. The summed E-state index contributed by atoms with van der Waals surface area (Å²) in [5, 5.41) is 12.1. The zero-order chi connectivity index (χ0) is 16.8. The Morgan fingerprint density at radius 1 is 1.22 bits per heavy atom. The Kier molecular flexibility index (Phi) is 5.98. The molecule has 126 valence electrons. The lowest BCUT2D eigenvalue weighted by atomic mass is 10.1. The standard InChI is InChI=1S/C17H25N3O3/c1-3-4-5-16(21)18-14-12-13(17(22)23)6-7-15(14)20-10-8-19(2)9-11-20/h6-7,12H,3-5,8-11H2,1-2H3,(H,18,21)(H,22,23). The molecule has 1 aliphatic rings. The number of hydrogen-bond acceptors (Lipinski definition) is 4. The van der Waals surface area contributed by atoms with Gasteiger partial charge in [0.1, 0.15) is 0 Å². The van der Waals surface area contributed by atoms with E-state index in [-0.39, 0.29) is 11.5 Å². The number of anilines is 2. The van der Waals surface area contributed by atoms with Crippen LogP contribution in [-0.2, 0) is 4.79 Å². The van der Waals surface area contributed by atoms with Crippen LogP contribution in [0.1, 0.15) is 36.5 Å². The summed E-state index contributed by atoms with van der Waals surface area (Å²) in [6.07, 6.45) is 2.23. The maximum absolute atomic E-state index is 12.1. The van der Waals surface area contributed by atoms with Crippen molar-refractivity contribution in [1.29, 1.82) is 0 Å². The van der Waals surface area contributed by atoms with Crippen LogP contribution in [0.25, 0.3) is 0 Å². The SMILES string of the molecule is CCCCC(=O)Nc1cc(C(=O)O)ccc1N1CCN(C)CC1. The average molecular weight is 319 g/mol. The second-order valence-electron chi connectivity index (χ2n) is 5.98. The van der Waals surface area contributed by atoms with Crippen molar-refractivity contribution in [3.05, 3.63) is 23.8 Å². The molecule has 1 aliphatic heterocycles. The van der Waals surface area contributed by atoms with Crippen molar-refractivity contribution in [2.24, 2.45) is 0 Å². The van der Waals surface area contributed by atoms with Crippen LogP contribution in [0.3, 0.4) is 0 Å². The highest BCUT2D eigenvalue weighted by atomic mass is 16.4. The van der Waals surface area contributed by atoms with Crippen LogP contribution in [0.2, 0.25) is 0 Å². The van der Waals surface area contributed by atoms with Gasteiger partial charge < -0.3 is 20.2 Å². The smallest absolute Gasteiger partial charge is 0.335 e. The molecule has 0 atom stereocenters. The van der Waals surface area contributed by atoms with E-state index in [1.807, 2.05) is 6.92 Å². The molecule has 0 aliphatic carbocycles. The molecule has 1 aromatic rings. The molecule has 0 aromatic heterocycles. The minimum Gasteiger partial charge on any atom is -0.478 e. The van der Waals surface area contributed by atoms with Crippen LogP contribution < -0.4 is 10.2 Å². The highest BCUT2D eigenvalue weighted by Gasteiger charge is 2.19. The summed E-state index contributed by atoms with van der Waals surface area (Å²) in [7, 11) is 2.08. The molecular formula is C17H25N3O3. The monoisotopic (exact) mass is 319 g/mol. The lowest BCUT2D eigenvalue weighted by Gasteiger charge is -2.35. The van der Waals surface area contributed by atoms with Crippen LogP contribution in [0.4, 0.5) is 11.4 Å². The number of nitrogens with one attached hydrogen (secondary N) is 1. The van der Waals surface area contributed by atoms with Crippen LogP contribution in [0.15, 0.2) is 18.2 Å². The second kappa shape index (κ2) is 7.97. The van der Waals surface area contributed by atoms with Crippen molar-refractivity contribution in [1.82, 2.24) is 4.90 Å². The highest BCUT2D eigenvalue weighted by molar-refractivity contribution is 5.97. The summed E-state index contributed by atoms with van der Waals surface area (Å²) in [5.74, 6) is -1.05. The number of hydrogen-bond donors (Lipinski definition) is 2. The van der Waals surface area contributed by atoms with Gasteiger partial charge in [-0.1, -0.05) is 13.3 Å². The van der Waals surface area contributed by atoms with Crippen LogP contribution in [0, 0.1) is 0 Å². The number of likely N-dealkylation sites (N-methyl/N-ethyl adjacent to an activating group) is 1. The predicted molar refractivity (Wildman–Crippen MR) is 91.3 cm³/mol. The molecule has 1 amide bonds. The third-order valence-corrected chi connectivity index (χ3v) is 4.12. The van der Waals surface area contributed by atoms with Gasteiger partial charge in [-0.05, 0) is 31.7 Å². The lowest BCUT2D eigenvalue weighted by Crippen LogP contribution is -2.44. The minimum atomic E-state index is -0.987. The van der Waals surface area contributed by atoms with Crippen molar-refractivity contribution in [2.75, 3.05) is 43.4 Å². The molecule has 1 aromatic carbocycles. The van der Waals surface area contributed by atoms with Gasteiger partial charge in [-0.2, -0.15) is 0 Å². The average Bonchev–Trinajstić information content (AvgIpc) is 2.53. The number of rotatable bonds is 6. The molecule has 2 rings (SSSR count). The number of carboxylic acid groups (broad SMARTS) is 1. The molecular weight excluding hydrogens is 294 g/mol. The van der Waals surface area contributed by atoms with Gasteiger partial charge in [-0.15, -0.1) is 0 Å². The molecule has 0 saturated carbocycles. The third-order valence-electron chi connectivity index (χ3n) is 4.12. The fraction of sp³-hybridized carbons (Fsp3) is 0.529. The molecule has 0 bridgehead atoms. The molecule has 6 heteroatoms. The number of carboxylic acids is 1. The number of unbranched alkanes of at least 4 members (excludes halogenated alkanes) is 1. The first-order chi connectivity index (χ1) is 11.0. The number of carbonyl (C=O) groups is 2. The highest BCUT2D eigenvalue weighted by Crippen LogP contribution is 2.28. The molecule has 1 fully saturated rings. The van der Waals surface area contributed by atoms with E-state index >= 15 is 0 Å². The van der Waals surface area contributed by atoms with E-state index in [2.05, 4.69) is 22.2 Å². The van der Waals surface area contributed by atoms with Crippen LogP contribution in [0.5, 0.6) is 0 Å². The van der Waals surface area contributed by atoms with Gasteiger partial charge in [0.05, 0.1) is 16.9 Å². The van der Waals surface area contributed by atoms with E-state index in [1.54, 1.807) is 18.2 Å². The summed E-state index contributed by atoms with van der Waals surface area (Å²) in [5.41, 5.74) is 1.68. The number of piperazine rings is 1. The number of carbonyl (C=O) groups excluding carboxylic acids is 1. The van der Waals surface area contributed by atoms with Crippen molar-refractivity contribution in [3.63, 3.8) is 0 Å². The van der Waals surface area contributed by atoms with Gasteiger partial charge in [0.25, 0.3) is 0 Å². The zero-order valence-electron chi connectivity index (χ0n) is 13.8. The minimum absolute atomic E-state index is 0.0650. The Bertz CT molecular complexity index is 566. The van der Waals surface area contributed by atoms with Gasteiger partial charge >= 0.3 is 5.97 Å². The maximum Gasteiger partial charge on any atom is 0.335 e. The summed E-state index contributed by atoms with van der Waals surface area (Å²) in [6.45, 7) is 5.66. The van der Waals surface area contributed by atoms with E-state index < -0.39 is 5.97 Å². The predicted octanol–water partition coefficient (Wildman–Crippen LogP) is 2.27. The fourth-order valence-corrected chi connectivity index (χ4v) is 2.64. The van der Waals surface area contributed by atoms with Crippen LogP contribution >= 0.6 is 0 Å². The molecule has 1 heterocycles. The topological polar surface area (TPSA) is 72.9 Å². The van der Waals surface area contributed by atoms with Gasteiger partial charge in [0.15, 0.2) is 0 Å². The van der Waals surface area contributed by atoms with Crippen molar-refractivity contribution in [2.45, 2.75) is 26.2 Å². The Hall–Kier alpha value is -2.08. The Morgan fingerprint density at radius 2 is 1.91 bits per heavy atom. The van der Waals surface area contributed by atoms with Gasteiger partial charge in [-0.3, -0.25) is 4.79 Å². The quantitative estimate of drug-likeness (QED) is 0.841. The van der Waals surface area contributed by atoms with Crippen LogP contribution in [-0.4, -0.2) is 55.1 Å². The number of aromatic carboxylic acids is 1. The summed E-state index contributed by atoms with van der Waals surface area (Å²) in [4.78, 5) is 27.7. The van der Waals surface area contributed by atoms with E-state index in [0.717, 1.165) is 44.7 Å². The normalized spacial score (nSPS) is 15.5. The van der Waals surface area contributed by atoms with E-state index in [0.29, 0.717) is 12.1 Å². The second-order valence-corrected chi connectivity index (χ2v) is 5.98. The van der Waals surface area contributed by atoms with Crippen molar-refractivity contribution < 1.29 is 14.7 Å². The van der Waals surface area contributed by atoms with Gasteiger partial charge in [0.2, 0.25) is 5.91 Å². The Morgan fingerprint density at radius 3 is 2.52 bits per heavy atom. The van der Waals surface area contributed by atoms with Crippen molar-refractivity contribution in [3.8, 4) is 0 Å². The molecule has 1 saturated heterocycles. The van der Waals surface area contributed by atoms with E-state index in [1.165, 1.54) is 0 Å². The molecule has 23 heavy (non-hydrogen) atoms. The summed E-state index contributed by atoms with van der Waals surface area (Å²) in [6, 6.07) is 4.95. The third kappa shape index (κ3) is 4.69. The maximum atomic E-state index is 12.1. The number of benzene rings is 1. The molecule has 6 nitrogen and oxygen atoms in total. The molecule has 0 unspecified atom stereocenters. The number of amides is 1. The fourth-order valence-electron chi connectivity index (χ4n) is 2.64. The molecule has 2 N–H and O–H groups in total. The molecule has 0 spiro atoms. The molecule has 0 radical (unpaired) electrons. The zero-order valence-corrected chi connectivity index (χ0v) is 13.8. The van der Waals surface area contributed by atoms with Crippen molar-refractivity contribution >= 4 is 23.3 Å². The van der Waals surface area contributed by atoms with E-state index in [9.17, 15) is 14.7 Å². The Balaban J connectivity index is 2.22. The van der Waals surface area contributed by atoms with E-state index in [4.69, 9.17) is 0 Å². The van der Waals surface area contributed by atoms with Gasteiger partial charge in [-0.25, -0.2) is 4.79 Å². The first-order valence-electron chi connectivity index (χ1n) is 8.12. The largest absolute Gasteiger partial charge is 0.478 e. The van der Waals surface area contributed by atoms with Gasteiger partial charge in [0, 0.05) is 32.6 Å². The lowest BCUT2D eigenvalue weighted by molar-refractivity contribution is -0.116.